The van der Waals surface area contributed by atoms with Gasteiger partial charge in [0.25, 0.3) is 0 Å². The number of carboxylic acids is 1. The summed E-state index contributed by atoms with van der Waals surface area (Å²) in [6.07, 6.45) is -0.651. The van der Waals surface area contributed by atoms with Gasteiger partial charge in [-0.15, -0.1) is 0 Å². The van der Waals surface area contributed by atoms with Gasteiger partial charge in [0.05, 0.1) is 16.6 Å². The number of aliphatic hydroxyl groups is 1. The minimum atomic E-state index is -3.69. The molecule has 0 aliphatic heterocycles. The molecule has 3 N–H and O–H groups in total. The maximum absolute atomic E-state index is 12.0. The van der Waals surface area contributed by atoms with Crippen LogP contribution in [0.25, 0.3) is 0 Å². The van der Waals surface area contributed by atoms with Crippen LogP contribution < -0.4 is 5.32 Å². The van der Waals surface area contributed by atoms with E-state index < -0.39 is 22.1 Å². The van der Waals surface area contributed by atoms with Crippen molar-refractivity contribution >= 4 is 21.7 Å². The van der Waals surface area contributed by atoms with E-state index in [0.29, 0.717) is 0 Å². The highest BCUT2D eigenvalue weighted by Gasteiger charge is 2.20. The fourth-order valence-corrected chi connectivity index (χ4v) is 2.41. The molecule has 7 nitrogen and oxygen atoms in total. The molecule has 112 valence electrons. The predicted molar refractivity (Wildman–Crippen MR) is 74.4 cm³/mol. The van der Waals surface area contributed by atoms with E-state index in [2.05, 4.69) is 5.32 Å². The van der Waals surface area contributed by atoms with Gasteiger partial charge in [-0.05, 0) is 25.1 Å². The van der Waals surface area contributed by atoms with Gasteiger partial charge in [-0.25, -0.2) is 17.5 Å². The zero-order valence-corrected chi connectivity index (χ0v) is 12.3. The highest BCUT2D eigenvalue weighted by molar-refractivity contribution is 7.89. The molecule has 0 spiro atoms. The Bertz CT molecular complexity index is 596. The molecule has 0 fully saturated rings. The van der Waals surface area contributed by atoms with E-state index >= 15 is 0 Å². The van der Waals surface area contributed by atoms with Crippen LogP contribution in [0.4, 0.5) is 5.69 Å². The van der Waals surface area contributed by atoms with Crippen molar-refractivity contribution in [3.8, 4) is 0 Å². The van der Waals surface area contributed by atoms with Crippen LogP contribution in [0.3, 0.4) is 0 Å². The Morgan fingerprint density at radius 2 is 2.00 bits per heavy atom. The average Bonchev–Trinajstić information content (AvgIpc) is 2.35. The maximum atomic E-state index is 12.0. The van der Waals surface area contributed by atoms with Crippen molar-refractivity contribution in [3.05, 3.63) is 23.8 Å². The van der Waals surface area contributed by atoms with Crippen molar-refractivity contribution in [1.82, 2.24) is 4.31 Å². The molecule has 0 saturated carbocycles. The molecule has 0 radical (unpaired) electrons. The van der Waals surface area contributed by atoms with Crippen molar-refractivity contribution in [3.63, 3.8) is 0 Å². The molecule has 1 rings (SSSR count). The number of nitrogens with one attached hydrogen (secondary N) is 1. The van der Waals surface area contributed by atoms with Crippen LogP contribution >= 0.6 is 0 Å². The van der Waals surface area contributed by atoms with Gasteiger partial charge in [-0.1, -0.05) is 0 Å². The molecule has 1 unspecified atom stereocenters. The molecule has 0 saturated heterocycles. The summed E-state index contributed by atoms with van der Waals surface area (Å²) in [5, 5.41) is 21.1. The lowest BCUT2D eigenvalue weighted by atomic mass is 10.1. The van der Waals surface area contributed by atoms with E-state index in [9.17, 15) is 18.3 Å². The third-order valence-electron chi connectivity index (χ3n) is 2.59. The maximum Gasteiger partial charge on any atom is 0.337 e. The van der Waals surface area contributed by atoms with Crippen LogP contribution in [-0.4, -0.2) is 55.6 Å². The Labute approximate surface area is 117 Å². The van der Waals surface area contributed by atoms with Crippen LogP contribution in [0.2, 0.25) is 0 Å². The molecule has 20 heavy (non-hydrogen) atoms. The Kier molecular flexibility index (Phi) is 5.09. The normalized spacial score (nSPS) is 13.2. The second kappa shape index (κ2) is 6.21. The van der Waals surface area contributed by atoms with E-state index in [4.69, 9.17) is 5.11 Å². The van der Waals surface area contributed by atoms with Crippen molar-refractivity contribution in [2.24, 2.45) is 0 Å². The summed E-state index contributed by atoms with van der Waals surface area (Å²) in [5.74, 6) is -1.24. The molecule has 0 amide bonds. The van der Waals surface area contributed by atoms with E-state index in [0.717, 1.165) is 10.4 Å². The minimum Gasteiger partial charge on any atom is -0.478 e. The number of carboxylic acid groups (broad SMARTS) is 1. The van der Waals surface area contributed by atoms with Crippen LogP contribution in [0.15, 0.2) is 23.1 Å². The third kappa shape index (κ3) is 3.69. The van der Waals surface area contributed by atoms with Gasteiger partial charge in [0.15, 0.2) is 0 Å². The van der Waals surface area contributed by atoms with E-state index in [1.807, 2.05) is 0 Å². The molecular formula is C12H18N2O5S. The summed E-state index contributed by atoms with van der Waals surface area (Å²) >= 11 is 0. The molecule has 0 bridgehead atoms. The quantitative estimate of drug-likeness (QED) is 0.703. The molecule has 0 aliphatic rings. The van der Waals surface area contributed by atoms with Gasteiger partial charge in [-0.3, -0.25) is 0 Å². The van der Waals surface area contributed by atoms with Crippen molar-refractivity contribution in [1.29, 1.82) is 0 Å². The second-order valence-electron chi connectivity index (χ2n) is 4.53. The summed E-state index contributed by atoms with van der Waals surface area (Å²) in [4.78, 5) is 11.1. The molecule has 0 aromatic heterocycles. The number of sulfonamides is 1. The van der Waals surface area contributed by atoms with Crippen LogP contribution in [0.1, 0.15) is 17.3 Å². The number of benzene rings is 1. The fourth-order valence-electron chi connectivity index (χ4n) is 1.48. The summed E-state index contributed by atoms with van der Waals surface area (Å²) in [6.45, 7) is 1.72. The smallest absolute Gasteiger partial charge is 0.337 e. The SMILES string of the molecule is CC(O)CNc1ccc(S(=O)(=O)N(C)C)cc1C(=O)O. The molecule has 1 aromatic rings. The molecule has 0 heterocycles. The summed E-state index contributed by atoms with van der Waals surface area (Å²) in [7, 11) is -0.947. The Hall–Kier alpha value is -1.64. The minimum absolute atomic E-state index is 0.0949. The predicted octanol–water partition coefficient (Wildman–Crippen LogP) is 0.428. The molecule has 0 aliphatic carbocycles. The monoisotopic (exact) mass is 302 g/mol. The molecule has 8 heteroatoms. The van der Waals surface area contributed by atoms with E-state index in [1.54, 1.807) is 6.92 Å². The summed E-state index contributed by atoms with van der Waals surface area (Å²) in [6, 6.07) is 3.80. The van der Waals surface area contributed by atoms with Gasteiger partial charge in [0.1, 0.15) is 0 Å². The molecular weight excluding hydrogens is 284 g/mol. The summed E-state index contributed by atoms with van der Waals surface area (Å²) in [5.41, 5.74) is 0.102. The zero-order valence-electron chi connectivity index (χ0n) is 11.5. The lowest BCUT2D eigenvalue weighted by Gasteiger charge is -2.15. The fraction of sp³-hybridized carbons (Fsp3) is 0.417. The topological polar surface area (TPSA) is 107 Å². The highest BCUT2D eigenvalue weighted by Crippen LogP contribution is 2.22. The Morgan fingerprint density at radius 3 is 2.45 bits per heavy atom. The number of nitrogens with zero attached hydrogens (tertiary/aromatic N) is 1. The number of aromatic carboxylic acids is 1. The highest BCUT2D eigenvalue weighted by atomic mass is 32.2. The third-order valence-corrected chi connectivity index (χ3v) is 4.40. The number of hydrogen-bond donors (Lipinski definition) is 3. The molecule has 1 atom stereocenters. The van der Waals surface area contributed by atoms with Crippen LogP contribution in [0, 0.1) is 0 Å². The standard InChI is InChI=1S/C12H18N2O5S/c1-8(15)7-13-11-5-4-9(6-10(11)12(16)17)20(18,19)14(2)3/h4-6,8,13,15H,7H2,1-3H3,(H,16,17). The van der Waals surface area contributed by atoms with Crippen molar-refractivity contribution in [2.45, 2.75) is 17.9 Å². The van der Waals surface area contributed by atoms with Crippen molar-refractivity contribution in [2.75, 3.05) is 26.0 Å². The first-order chi connectivity index (χ1) is 9.16. The van der Waals surface area contributed by atoms with E-state index in [-0.39, 0.29) is 22.7 Å². The van der Waals surface area contributed by atoms with Crippen LogP contribution in [0.5, 0.6) is 0 Å². The Balaban J connectivity index is 3.24. The van der Waals surface area contributed by atoms with Crippen molar-refractivity contribution < 1.29 is 23.4 Å². The number of aliphatic hydroxyl groups excluding tert-OH is 1. The average molecular weight is 302 g/mol. The van der Waals surface area contributed by atoms with Gasteiger partial charge in [0.2, 0.25) is 10.0 Å². The van der Waals surface area contributed by atoms with Gasteiger partial charge in [0, 0.05) is 26.3 Å². The zero-order chi connectivity index (χ0) is 15.5. The summed E-state index contributed by atoms with van der Waals surface area (Å²) < 4.78 is 24.9. The number of rotatable bonds is 6. The lowest BCUT2D eigenvalue weighted by Crippen LogP contribution is -2.23. The largest absolute Gasteiger partial charge is 0.478 e. The first-order valence-corrected chi connectivity index (χ1v) is 7.32. The van der Waals surface area contributed by atoms with Gasteiger partial charge < -0.3 is 15.5 Å². The lowest BCUT2D eigenvalue weighted by molar-refractivity contribution is 0.0697. The Morgan fingerprint density at radius 1 is 1.40 bits per heavy atom. The number of hydrogen-bond acceptors (Lipinski definition) is 5. The molecule has 1 aromatic carbocycles. The first-order valence-electron chi connectivity index (χ1n) is 5.88. The second-order valence-corrected chi connectivity index (χ2v) is 6.68. The first kappa shape index (κ1) is 16.4. The number of carbonyl (C=O) groups is 1. The van der Waals surface area contributed by atoms with Crippen LogP contribution in [-0.2, 0) is 10.0 Å². The number of anilines is 1. The van der Waals surface area contributed by atoms with E-state index in [1.165, 1.54) is 26.2 Å². The van der Waals surface area contributed by atoms with Gasteiger partial charge >= 0.3 is 5.97 Å². The van der Waals surface area contributed by atoms with Gasteiger partial charge in [-0.2, -0.15) is 0 Å².